The van der Waals surface area contributed by atoms with Crippen LogP contribution in [-0.4, -0.2) is 46.9 Å². The molecule has 0 unspecified atom stereocenters. The van der Waals surface area contributed by atoms with Crippen LogP contribution in [0.2, 0.25) is 0 Å². The zero-order valence-electron chi connectivity index (χ0n) is 11.3. The molecule has 1 aromatic heterocycles. The normalized spacial score (nSPS) is 12.7. The van der Waals surface area contributed by atoms with Crippen molar-refractivity contribution >= 4 is 17.7 Å². The van der Waals surface area contributed by atoms with Crippen molar-refractivity contribution < 1.29 is 9.21 Å². The monoisotopic (exact) mass is 272 g/mol. The third kappa shape index (κ3) is 5.50. The molecule has 0 aliphatic rings. The van der Waals surface area contributed by atoms with Crippen LogP contribution >= 0.6 is 11.8 Å². The molecule has 0 spiro atoms. The quantitative estimate of drug-likeness (QED) is 0.750. The van der Waals surface area contributed by atoms with Gasteiger partial charge >= 0.3 is 0 Å². The van der Waals surface area contributed by atoms with Crippen molar-refractivity contribution in [3.8, 4) is 0 Å². The van der Waals surface area contributed by atoms with Gasteiger partial charge in [0.25, 0.3) is 5.22 Å². The van der Waals surface area contributed by atoms with Crippen LogP contribution in [0.15, 0.2) is 9.64 Å². The minimum atomic E-state index is -0.0123. The summed E-state index contributed by atoms with van der Waals surface area (Å²) in [6.45, 7) is 4.61. The number of carbonyl (C=O) groups is 1. The van der Waals surface area contributed by atoms with E-state index in [4.69, 9.17) is 4.42 Å². The maximum atomic E-state index is 11.5. The molecular formula is C11H20N4O2S. The summed E-state index contributed by atoms with van der Waals surface area (Å²) >= 11 is 1.26. The highest BCUT2D eigenvalue weighted by Gasteiger charge is 2.11. The molecule has 102 valence electrons. The number of nitrogens with zero attached hydrogens (tertiary/aromatic N) is 3. The number of thioether (sulfide) groups is 1. The van der Waals surface area contributed by atoms with Gasteiger partial charge in [-0.15, -0.1) is 10.2 Å². The lowest BCUT2D eigenvalue weighted by Crippen LogP contribution is -2.33. The molecule has 0 aromatic carbocycles. The second kappa shape index (κ2) is 7.38. The second-order valence-electron chi connectivity index (χ2n) is 4.36. The van der Waals surface area contributed by atoms with Gasteiger partial charge in [-0.25, -0.2) is 0 Å². The van der Waals surface area contributed by atoms with Crippen LogP contribution in [-0.2, 0) is 11.3 Å². The van der Waals surface area contributed by atoms with E-state index in [1.165, 1.54) is 11.8 Å². The topological polar surface area (TPSA) is 71.3 Å². The largest absolute Gasteiger partial charge is 0.415 e. The van der Waals surface area contributed by atoms with Crippen molar-refractivity contribution in [2.75, 3.05) is 19.8 Å². The van der Waals surface area contributed by atoms with Gasteiger partial charge in [0.1, 0.15) is 0 Å². The summed E-state index contributed by atoms with van der Waals surface area (Å²) in [5.41, 5.74) is 0. The van der Waals surface area contributed by atoms with Gasteiger partial charge in [0.2, 0.25) is 11.8 Å². The van der Waals surface area contributed by atoms with E-state index in [9.17, 15) is 4.79 Å². The summed E-state index contributed by atoms with van der Waals surface area (Å²) in [4.78, 5) is 13.5. The Morgan fingerprint density at radius 2 is 2.22 bits per heavy atom. The summed E-state index contributed by atoms with van der Waals surface area (Å²) < 4.78 is 5.40. The maximum absolute atomic E-state index is 11.5. The number of rotatable bonds is 7. The summed E-state index contributed by atoms with van der Waals surface area (Å²) in [5, 5.41) is 11.1. The highest BCUT2D eigenvalue weighted by molar-refractivity contribution is 7.99. The highest BCUT2D eigenvalue weighted by atomic mass is 32.2. The lowest BCUT2D eigenvalue weighted by molar-refractivity contribution is -0.119. The molecule has 1 amide bonds. The van der Waals surface area contributed by atoms with Gasteiger partial charge in [0.15, 0.2) is 0 Å². The van der Waals surface area contributed by atoms with Crippen molar-refractivity contribution in [2.24, 2.45) is 0 Å². The van der Waals surface area contributed by atoms with Crippen molar-refractivity contribution in [3.63, 3.8) is 0 Å². The van der Waals surface area contributed by atoms with E-state index in [-0.39, 0.29) is 11.9 Å². The third-order valence-electron chi connectivity index (χ3n) is 2.25. The van der Waals surface area contributed by atoms with Crippen LogP contribution in [0.1, 0.15) is 26.2 Å². The molecule has 6 nitrogen and oxygen atoms in total. The summed E-state index contributed by atoms with van der Waals surface area (Å²) in [5.74, 6) is 0.847. The third-order valence-corrected chi connectivity index (χ3v) is 3.06. The molecule has 0 saturated carbocycles. The van der Waals surface area contributed by atoms with E-state index < -0.39 is 0 Å². The summed E-state index contributed by atoms with van der Waals surface area (Å²) in [6, 6.07) is 0.199. The number of nitrogens with one attached hydrogen (secondary N) is 1. The van der Waals surface area contributed by atoms with E-state index in [1.54, 1.807) is 0 Å². The van der Waals surface area contributed by atoms with Crippen LogP contribution in [0.4, 0.5) is 0 Å². The molecule has 1 rings (SSSR count). The van der Waals surface area contributed by atoms with E-state index >= 15 is 0 Å². The first kappa shape index (κ1) is 15.0. The molecule has 0 aliphatic heterocycles. The fourth-order valence-electron chi connectivity index (χ4n) is 1.18. The molecule has 1 heterocycles. The van der Waals surface area contributed by atoms with Crippen LogP contribution in [0.5, 0.6) is 0 Å². The number of aromatic nitrogens is 2. The van der Waals surface area contributed by atoms with Gasteiger partial charge in [-0.05, 0) is 27.4 Å². The highest BCUT2D eigenvalue weighted by Crippen LogP contribution is 2.16. The van der Waals surface area contributed by atoms with Crippen LogP contribution < -0.4 is 5.32 Å². The van der Waals surface area contributed by atoms with Gasteiger partial charge in [-0.1, -0.05) is 18.7 Å². The lowest BCUT2D eigenvalue weighted by Gasteiger charge is -2.09. The Labute approximate surface area is 112 Å². The first-order valence-electron chi connectivity index (χ1n) is 5.90. The van der Waals surface area contributed by atoms with Crippen molar-refractivity contribution in [1.82, 2.24) is 20.4 Å². The van der Waals surface area contributed by atoms with Gasteiger partial charge in [-0.2, -0.15) is 0 Å². The maximum Gasteiger partial charge on any atom is 0.277 e. The van der Waals surface area contributed by atoms with Crippen LogP contribution in [0.25, 0.3) is 0 Å². The molecule has 0 fully saturated rings. The lowest BCUT2D eigenvalue weighted by atomic mass is 10.3. The number of hydrogen-bond donors (Lipinski definition) is 1. The molecule has 7 heteroatoms. The van der Waals surface area contributed by atoms with Gasteiger partial charge in [0.05, 0.1) is 12.3 Å². The summed E-state index contributed by atoms with van der Waals surface area (Å²) in [7, 11) is 3.85. The SMILES string of the molecule is CC[C@H](C)NC(=O)CSc1nnc(CN(C)C)o1. The van der Waals surface area contributed by atoms with Gasteiger partial charge in [-0.3, -0.25) is 4.79 Å². The van der Waals surface area contributed by atoms with Gasteiger partial charge < -0.3 is 14.6 Å². The van der Waals surface area contributed by atoms with E-state index in [0.29, 0.717) is 23.4 Å². The van der Waals surface area contributed by atoms with Crippen molar-refractivity contribution in [1.29, 1.82) is 0 Å². The molecule has 0 radical (unpaired) electrons. The Balaban J connectivity index is 2.34. The average Bonchev–Trinajstić information content (AvgIpc) is 2.73. The Morgan fingerprint density at radius 3 is 2.83 bits per heavy atom. The van der Waals surface area contributed by atoms with E-state index in [0.717, 1.165) is 6.42 Å². The molecule has 0 saturated heterocycles. The Kier molecular flexibility index (Phi) is 6.14. The number of amides is 1. The first-order chi connectivity index (χ1) is 8.51. The van der Waals surface area contributed by atoms with Gasteiger partial charge in [0, 0.05) is 6.04 Å². The zero-order valence-corrected chi connectivity index (χ0v) is 12.1. The second-order valence-corrected chi connectivity index (χ2v) is 5.29. The van der Waals surface area contributed by atoms with Crippen LogP contribution in [0.3, 0.4) is 0 Å². The molecular weight excluding hydrogens is 252 g/mol. The fraction of sp³-hybridized carbons (Fsp3) is 0.727. The molecule has 1 atom stereocenters. The predicted octanol–water partition coefficient (Wildman–Crippen LogP) is 1.14. The standard InChI is InChI=1S/C11H20N4O2S/c1-5-8(2)12-9(16)7-18-11-14-13-10(17-11)6-15(3)4/h8H,5-7H2,1-4H3,(H,12,16)/t8-/m0/s1. The van der Waals surface area contributed by atoms with Crippen LogP contribution in [0, 0.1) is 0 Å². The van der Waals surface area contributed by atoms with Crippen molar-refractivity contribution in [2.45, 2.75) is 38.1 Å². The minimum absolute atomic E-state index is 0.0123. The minimum Gasteiger partial charge on any atom is -0.415 e. The smallest absolute Gasteiger partial charge is 0.277 e. The summed E-state index contributed by atoms with van der Waals surface area (Å²) in [6.07, 6.45) is 0.921. The molecule has 0 aliphatic carbocycles. The first-order valence-corrected chi connectivity index (χ1v) is 6.89. The molecule has 1 aromatic rings. The molecule has 18 heavy (non-hydrogen) atoms. The molecule has 0 bridgehead atoms. The average molecular weight is 272 g/mol. The Hall–Kier alpha value is -1.08. The number of carbonyl (C=O) groups excluding carboxylic acids is 1. The van der Waals surface area contributed by atoms with Crippen molar-refractivity contribution in [3.05, 3.63) is 5.89 Å². The Morgan fingerprint density at radius 1 is 1.50 bits per heavy atom. The Bertz CT molecular complexity index is 381. The van der Waals surface area contributed by atoms with E-state index in [2.05, 4.69) is 15.5 Å². The van der Waals surface area contributed by atoms with E-state index in [1.807, 2.05) is 32.8 Å². The molecule has 1 N–H and O–H groups in total. The number of hydrogen-bond acceptors (Lipinski definition) is 6. The fourth-order valence-corrected chi connectivity index (χ4v) is 1.77. The predicted molar refractivity (Wildman–Crippen MR) is 70.3 cm³/mol. The zero-order chi connectivity index (χ0) is 13.5.